The number of hydrogen-bond donors (Lipinski definition) is 1. The summed E-state index contributed by atoms with van der Waals surface area (Å²) in [5.74, 6) is -1.09. The zero-order chi connectivity index (χ0) is 13.2. The Morgan fingerprint density at radius 3 is 3.00 bits per heavy atom. The molecule has 0 saturated carbocycles. The van der Waals surface area contributed by atoms with E-state index in [2.05, 4.69) is 10.3 Å². The average Bonchev–Trinajstić information content (AvgIpc) is 2.46. The third-order valence-corrected chi connectivity index (χ3v) is 3.45. The number of aromatic nitrogens is 1. The summed E-state index contributed by atoms with van der Waals surface area (Å²) in [4.78, 5) is 16.1. The lowest BCUT2D eigenvalue weighted by molar-refractivity contribution is 0.0951. The first kappa shape index (κ1) is 12.0. The second-order valence-corrected chi connectivity index (χ2v) is 4.60. The van der Waals surface area contributed by atoms with Gasteiger partial charge in [-0.15, -0.1) is 0 Å². The third-order valence-electron chi connectivity index (χ3n) is 3.45. The summed E-state index contributed by atoms with van der Waals surface area (Å²) >= 11 is 0. The Kier molecular flexibility index (Phi) is 3.09. The summed E-state index contributed by atoms with van der Waals surface area (Å²) in [6, 6.07) is 9.23. The van der Waals surface area contributed by atoms with Crippen molar-refractivity contribution in [3.63, 3.8) is 0 Å². The van der Waals surface area contributed by atoms with E-state index in [1.54, 1.807) is 0 Å². The van der Waals surface area contributed by atoms with E-state index in [0.717, 1.165) is 23.9 Å². The molecule has 19 heavy (non-hydrogen) atoms. The SMILES string of the molecule is O=C(c1ccncc1F)C1CNCc2ccccc21. The van der Waals surface area contributed by atoms with E-state index in [-0.39, 0.29) is 17.3 Å². The van der Waals surface area contributed by atoms with Crippen LogP contribution in [0.3, 0.4) is 0 Å². The lowest BCUT2D eigenvalue weighted by atomic mass is 9.85. The van der Waals surface area contributed by atoms with E-state index in [1.165, 1.54) is 12.3 Å². The van der Waals surface area contributed by atoms with Gasteiger partial charge in [-0.3, -0.25) is 9.78 Å². The van der Waals surface area contributed by atoms with Crippen LogP contribution in [0.15, 0.2) is 42.7 Å². The number of fused-ring (bicyclic) bond motifs is 1. The molecule has 2 heterocycles. The highest BCUT2D eigenvalue weighted by atomic mass is 19.1. The number of ketones is 1. The van der Waals surface area contributed by atoms with E-state index in [1.807, 2.05) is 24.3 Å². The van der Waals surface area contributed by atoms with Gasteiger partial charge in [0.15, 0.2) is 11.6 Å². The average molecular weight is 256 g/mol. The Hall–Kier alpha value is -2.07. The summed E-state index contributed by atoms with van der Waals surface area (Å²) in [5, 5.41) is 3.20. The van der Waals surface area contributed by atoms with E-state index >= 15 is 0 Å². The maximum absolute atomic E-state index is 13.7. The summed E-state index contributed by atoms with van der Waals surface area (Å²) in [7, 11) is 0. The van der Waals surface area contributed by atoms with Crippen LogP contribution < -0.4 is 5.32 Å². The van der Waals surface area contributed by atoms with Crippen molar-refractivity contribution in [3.8, 4) is 0 Å². The first-order chi connectivity index (χ1) is 9.27. The van der Waals surface area contributed by atoms with Gasteiger partial charge in [0.05, 0.1) is 17.7 Å². The number of carbonyl (C=O) groups is 1. The predicted molar refractivity (Wildman–Crippen MR) is 69.4 cm³/mol. The number of Topliss-reactive ketones (excluding diaryl/α,β-unsaturated/α-hetero) is 1. The Labute approximate surface area is 110 Å². The summed E-state index contributed by atoms with van der Waals surface area (Å²) < 4.78 is 13.7. The van der Waals surface area contributed by atoms with Crippen LogP contribution in [0.2, 0.25) is 0 Å². The maximum Gasteiger partial charge on any atom is 0.174 e. The molecule has 0 saturated heterocycles. The van der Waals surface area contributed by atoms with Gasteiger partial charge in [-0.1, -0.05) is 24.3 Å². The molecule has 0 aliphatic carbocycles. The van der Waals surface area contributed by atoms with E-state index in [9.17, 15) is 9.18 Å². The van der Waals surface area contributed by atoms with Crippen molar-refractivity contribution in [3.05, 3.63) is 65.2 Å². The Balaban J connectivity index is 2.00. The number of rotatable bonds is 2. The molecule has 96 valence electrons. The normalized spacial score (nSPS) is 17.8. The van der Waals surface area contributed by atoms with Crippen LogP contribution in [0.5, 0.6) is 0 Å². The molecule has 0 amide bonds. The van der Waals surface area contributed by atoms with Crippen LogP contribution in [0.1, 0.15) is 27.4 Å². The standard InChI is InChI=1S/C15H13FN2O/c16-14-9-17-6-5-12(14)15(19)13-8-18-7-10-3-1-2-4-11(10)13/h1-6,9,13,18H,7-8H2. The Morgan fingerprint density at radius 1 is 1.32 bits per heavy atom. The van der Waals surface area contributed by atoms with Gasteiger partial charge in [-0.05, 0) is 17.2 Å². The van der Waals surface area contributed by atoms with Gasteiger partial charge in [0.25, 0.3) is 0 Å². The van der Waals surface area contributed by atoms with Crippen molar-refractivity contribution >= 4 is 5.78 Å². The van der Waals surface area contributed by atoms with E-state index in [0.29, 0.717) is 6.54 Å². The molecule has 1 unspecified atom stereocenters. The molecule has 4 heteroatoms. The van der Waals surface area contributed by atoms with Crippen molar-refractivity contribution in [2.45, 2.75) is 12.5 Å². The Bertz CT molecular complexity index is 627. The molecule has 1 N–H and O–H groups in total. The van der Waals surface area contributed by atoms with E-state index < -0.39 is 5.82 Å². The summed E-state index contributed by atoms with van der Waals surface area (Å²) in [5.41, 5.74) is 2.20. The minimum absolute atomic E-state index is 0.110. The number of pyridine rings is 1. The molecule has 0 bridgehead atoms. The smallest absolute Gasteiger partial charge is 0.174 e. The molecular weight excluding hydrogens is 243 g/mol. The molecule has 0 radical (unpaired) electrons. The van der Waals surface area contributed by atoms with Crippen LogP contribution >= 0.6 is 0 Å². The van der Waals surface area contributed by atoms with Crippen LogP contribution in [0, 0.1) is 5.82 Å². The van der Waals surface area contributed by atoms with Gasteiger partial charge in [-0.2, -0.15) is 0 Å². The molecule has 1 aromatic heterocycles. The van der Waals surface area contributed by atoms with Crippen LogP contribution in [0.4, 0.5) is 4.39 Å². The third kappa shape index (κ3) is 2.15. The number of carbonyl (C=O) groups excluding carboxylic acids is 1. The van der Waals surface area contributed by atoms with Crippen LogP contribution in [-0.4, -0.2) is 17.3 Å². The fourth-order valence-corrected chi connectivity index (χ4v) is 2.49. The first-order valence-electron chi connectivity index (χ1n) is 6.19. The quantitative estimate of drug-likeness (QED) is 0.838. The number of nitrogens with zero attached hydrogens (tertiary/aromatic N) is 1. The molecule has 0 spiro atoms. The molecular formula is C15H13FN2O. The van der Waals surface area contributed by atoms with Gasteiger partial charge in [0, 0.05) is 19.3 Å². The fraction of sp³-hybridized carbons (Fsp3) is 0.200. The van der Waals surface area contributed by atoms with E-state index in [4.69, 9.17) is 0 Å². The molecule has 3 rings (SSSR count). The molecule has 0 fully saturated rings. The minimum Gasteiger partial charge on any atom is -0.312 e. The lowest BCUT2D eigenvalue weighted by Crippen LogP contribution is -2.33. The number of benzene rings is 1. The van der Waals surface area contributed by atoms with Crippen molar-refractivity contribution in [2.75, 3.05) is 6.54 Å². The molecule has 1 atom stereocenters. The van der Waals surface area contributed by atoms with Crippen molar-refractivity contribution in [1.82, 2.24) is 10.3 Å². The summed E-state index contributed by atoms with van der Waals surface area (Å²) in [6.45, 7) is 1.29. The minimum atomic E-state index is -0.560. The van der Waals surface area contributed by atoms with Crippen molar-refractivity contribution in [2.24, 2.45) is 0 Å². The number of halogens is 1. The van der Waals surface area contributed by atoms with Crippen molar-refractivity contribution in [1.29, 1.82) is 0 Å². The molecule has 1 aliphatic rings. The number of hydrogen-bond acceptors (Lipinski definition) is 3. The predicted octanol–water partition coefficient (Wildman–Crippen LogP) is 2.29. The van der Waals surface area contributed by atoms with Crippen LogP contribution in [-0.2, 0) is 6.54 Å². The van der Waals surface area contributed by atoms with Gasteiger partial charge in [0.2, 0.25) is 0 Å². The zero-order valence-corrected chi connectivity index (χ0v) is 10.3. The monoisotopic (exact) mass is 256 g/mol. The topological polar surface area (TPSA) is 42.0 Å². The zero-order valence-electron chi connectivity index (χ0n) is 10.3. The fourth-order valence-electron chi connectivity index (χ4n) is 2.49. The van der Waals surface area contributed by atoms with Crippen molar-refractivity contribution < 1.29 is 9.18 Å². The van der Waals surface area contributed by atoms with Gasteiger partial charge in [0.1, 0.15) is 0 Å². The molecule has 1 aromatic carbocycles. The Morgan fingerprint density at radius 2 is 2.16 bits per heavy atom. The first-order valence-corrected chi connectivity index (χ1v) is 6.19. The largest absolute Gasteiger partial charge is 0.312 e. The van der Waals surface area contributed by atoms with Crippen LogP contribution in [0.25, 0.3) is 0 Å². The highest BCUT2D eigenvalue weighted by molar-refractivity contribution is 6.01. The lowest BCUT2D eigenvalue weighted by Gasteiger charge is -2.25. The van der Waals surface area contributed by atoms with Gasteiger partial charge >= 0.3 is 0 Å². The van der Waals surface area contributed by atoms with Gasteiger partial charge < -0.3 is 5.32 Å². The molecule has 2 aromatic rings. The highest BCUT2D eigenvalue weighted by Crippen LogP contribution is 2.27. The van der Waals surface area contributed by atoms with Gasteiger partial charge in [-0.25, -0.2) is 4.39 Å². The maximum atomic E-state index is 13.7. The second-order valence-electron chi connectivity index (χ2n) is 4.60. The molecule has 1 aliphatic heterocycles. The number of nitrogens with one attached hydrogen (secondary N) is 1. The summed E-state index contributed by atoms with van der Waals surface area (Å²) in [6.07, 6.45) is 2.52. The highest BCUT2D eigenvalue weighted by Gasteiger charge is 2.28. The molecule has 3 nitrogen and oxygen atoms in total. The second kappa shape index (κ2) is 4.90.